The average molecular weight is 450 g/mol. The smallest absolute Gasteiger partial charge is 0.380 e. The number of likely N-dealkylation sites (tertiary alicyclic amines) is 1. The van der Waals surface area contributed by atoms with Gasteiger partial charge in [0.1, 0.15) is 5.76 Å². The molecule has 2 saturated carbocycles. The third kappa shape index (κ3) is 3.17. The number of allylic oxidation sites excluding steroid dienone is 2. The van der Waals surface area contributed by atoms with Crippen molar-refractivity contribution in [3.63, 3.8) is 0 Å². The second-order valence-corrected chi connectivity index (χ2v) is 11.7. The predicted molar refractivity (Wildman–Crippen MR) is 104 cm³/mol. The van der Waals surface area contributed by atoms with Crippen LogP contribution in [0.5, 0.6) is 0 Å². The van der Waals surface area contributed by atoms with E-state index in [0.29, 0.717) is 37.0 Å². The molecular formula is C21H30F3NO4S. The first-order chi connectivity index (χ1) is 13.8. The predicted octanol–water partition coefficient (Wildman–Crippen LogP) is 4.46. The van der Waals surface area contributed by atoms with Gasteiger partial charge in [0.2, 0.25) is 5.91 Å². The number of amides is 1. The van der Waals surface area contributed by atoms with Crippen molar-refractivity contribution in [2.45, 2.75) is 64.3 Å². The minimum absolute atomic E-state index is 0.0202. The highest BCUT2D eigenvalue weighted by Gasteiger charge is 2.60. The first-order valence-corrected chi connectivity index (χ1v) is 12.2. The molecule has 1 saturated heterocycles. The minimum Gasteiger partial charge on any atom is -0.380 e. The maximum atomic E-state index is 12.9. The lowest BCUT2D eigenvalue weighted by Crippen LogP contribution is -2.52. The Balaban J connectivity index is 1.58. The molecule has 9 heteroatoms. The summed E-state index contributed by atoms with van der Waals surface area (Å²) in [6, 6.07) is 0. The third-order valence-electron chi connectivity index (χ3n) is 8.86. The molecule has 0 radical (unpaired) electrons. The van der Waals surface area contributed by atoms with Gasteiger partial charge >= 0.3 is 15.6 Å². The number of carbonyl (C=O) groups excluding carboxylic acids is 1. The highest BCUT2D eigenvalue weighted by atomic mass is 32.2. The summed E-state index contributed by atoms with van der Waals surface area (Å²) in [6.07, 6.45) is 6.84. The van der Waals surface area contributed by atoms with Gasteiger partial charge in [0, 0.05) is 25.4 Å². The van der Waals surface area contributed by atoms with E-state index in [4.69, 9.17) is 0 Å². The number of alkyl halides is 3. The highest BCUT2D eigenvalue weighted by Crippen LogP contribution is 2.65. The third-order valence-corrected chi connectivity index (χ3v) is 9.82. The number of halogens is 3. The number of rotatable bonds is 2. The maximum Gasteiger partial charge on any atom is 0.534 e. The fourth-order valence-electron chi connectivity index (χ4n) is 7.05. The lowest BCUT2D eigenvalue weighted by atomic mass is 9.47. The molecule has 0 bridgehead atoms. The summed E-state index contributed by atoms with van der Waals surface area (Å²) >= 11 is 0. The van der Waals surface area contributed by atoms with E-state index in [0.717, 1.165) is 32.2 Å². The summed E-state index contributed by atoms with van der Waals surface area (Å²) in [7, 11) is -3.79. The van der Waals surface area contributed by atoms with Crippen LogP contribution in [0.15, 0.2) is 11.8 Å². The molecule has 4 aliphatic rings. The van der Waals surface area contributed by atoms with Crippen LogP contribution in [-0.2, 0) is 19.1 Å². The number of carbonyl (C=O) groups is 1. The standard InChI is InChI=1S/C21H30F3NO4S/c1-19-11-9-18(26)25(3)12-13(19)4-5-14-15-6-7-17(20(15,2)10-8-16(14)19)29-30(27,28)21(22,23)24/h7,13-16H,4-6,8-12H2,1-3H3. The van der Waals surface area contributed by atoms with Crippen LogP contribution >= 0.6 is 0 Å². The van der Waals surface area contributed by atoms with Crippen LogP contribution in [0, 0.1) is 34.5 Å². The van der Waals surface area contributed by atoms with Crippen molar-refractivity contribution in [1.82, 2.24) is 4.90 Å². The number of hydrogen-bond donors (Lipinski definition) is 0. The van der Waals surface area contributed by atoms with Crippen LogP contribution in [0.1, 0.15) is 58.8 Å². The molecule has 4 rings (SSSR count). The van der Waals surface area contributed by atoms with Crippen molar-refractivity contribution < 1.29 is 30.6 Å². The quantitative estimate of drug-likeness (QED) is 0.461. The van der Waals surface area contributed by atoms with E-state index in [9.17, 15) is 26.4 Å². The molecule has 6 unspecified atom stereocenters. The van der Waals surface area contributed by atoms with Crippen molar-refractivity contribution in [1.29, 1.82) is 0 Å². The van der Waals surface area contributed by atoms with Crippen molar-refractivity contribution in [2.75, 3.05) is 13.6 Å². The molecule has 1 heterocycles. The van der Waals surface area contributed by atoms with E-state index in [1.54, 1.807) is 6.08 Å². The average Bonchev–Trinajstić information content (AvgIpc) is 2.91. The van der Waals surface area contributed by atoms with Crippen LogP contribution in [0.3, 0.4) is 0 Å². The molecule has 5 nitrogen and oxygen atoms in total. The SMILES string of the molecule is CN1CC2CCC3C4CC=C(OS(=O)(=O)C(F)(F)F)C4(C)CCC3C2(C)CCC1=O. The van der Waals surface area contributed by atoms with Crippen LogP contribution < -0.4 is 0 Å². The second kappa shape index (κ2) is 6.87. The van der Waals surface area contributed by atoms with Crippen LogP contribution in [-0.4, -0.2) is 38.3 Å². The van der Waals surface area contributed by atoms with Crippen molar-refractivity contribution >= 4 is 16.0 Å². The maximum absolute atomic E-state index is 12.9. The molecule has 170 valence electrons. The molecule has 6 atom stereocenters. The Kier molecular flexibility index (Phi) is 5.03. The normalized spacial score (nSPS) is 42.0. The topological polar surface area (TPSA) is 63.7 Å². The monoisotopic (exact) mass is 449 g/mol. The lowest BCUT2D eigenvalue weighted by Gasteiger charge is -2.58. The Labute approximate surface area is 176 Å². The van der Waals surface area contributed by atoms with Gasteiger partial charge in [-0.3, -0.25) is 4.79 Å². The van der Waals surface area contributed by atoms with Gasteiger partial charge in [-0.15, -0.1) is 0 Å². The zero-order valence-electron chi connectivity index (χ0n) is 17.7. The van der Waals surface area contributed by atoms with Crippen LogP contribution in [0.2, 0.25) is 0 Å². The van der Waals surface area contributed by atoms with E-state index >= 15 is 0 Å². The van der Waals surface area contributed by atoms with Gasteiger partial charge in [-0.25, -0.2) is 0 Å². The Bertz CT molecular complexity index is 870. The summed E-state index contributed by atoms with van der Waals surface area (Å²) in [5.41, 5.74) is -6.10. The molecule has 0 aromatic heterocycles. The molecule has 0 aromatic carbocycles. The van der Waals surface area contributed by atoms with Crippen LogP contribution in [0.25, 0.3) is 0 Å². The summed E-state index contributed by atoms with van der Waals surface area (Å²) in [4.78, 5) is 14.1. The fraction of sp³-hybridized carbons (Fsp3) is 0.857. The van der Waals surface area contributed by atoms with Gasteiger partial charge in [0.05, 0.1) is 0 Å². The zero-order chi connectivity index (χ0) is 22.1. The fourth-order valence-corrected chi connectivity index (χ4v) is 7.64. The Morgan fingerprint density at radius 3 is 2.50 bits per heavy atom. The summed E-state index contributed by atoms with van der Waals surface area (Å²) < 4.78 is 66.5. The Hall–Kier alpha value is -1.25. The Morgan fingerprint density at radius 1 is 1.13 bits per heavy atom. The van der Waals surface area contributed by atoms with E-state index in [1.165, 1.54) is 0 Å². The van der Waals surface area contributed by atoms with Crippen molar-refractivity contribution in [2.24, 2.45) is 34.5 Å². The van der Waals surface area contributed by atoms with Gasteiger partial charge in [-0.2, -0.15) is 21.6 Å². The van der Waals surface area contributed by atoms with E-state index in [2.05, 4.69) is 11.1 Å². The molecule has 30 heavy (non-hydrogen) atoms. The van der Waals surface area contributed by atoms with Gasteiger partial charge in [0.15, 0.2) is 0 Å². The number of fused-ring (bicyclic) bond motifs is 5. The molecule has 0 N–H and O–H groups in total. The Morgan fingerprint density at radius 2 is 1.83 bits per heavy atom. The van der Waals surface area contributed by atoms with Gasteiger partial charge < -0.3 is 9.08 Å². The first-order valence-electron chi connectivity index (χ1n) is 10.7. The van der Waals surface area contributed by atoms with Gasteiger partial charge in [0.25, 0.3) is 0 Å². The van der Waals surface area contributed by atoms with Crippen molar-refractivity contribution in [3.8, 4) is 0 Å². The lowest BCUT2D eigenvalue weighted by molar-refractivity contribution is -0.129. The first kappa shape index (κ1) is 22.0. The molecule has 3 aliphatic carbocycles. The van der Waals surface area contributed by atoms with Gasteiger partial charge in [-0.05, 0) is 73.7 Å². The summed E-state index contributed by atoms with van der Waals surface area (Å²) in [5.74, 6) is 1.33. The minimum atomic E-state index is -5.66. The zero-order valence-corrected chi connectivity index (χ0v) is 18.5. The molecule has 3 fully saturated rings. The molecule has 0 aromatic rings. The molecule has 1 aliphatic heterocycles. The van der Waals surface area contributed by atoms with E-state index < -0.39 is 21.0 Å². The van der Waals surface area contributed by atoms with E-state index in [1.807, 2.05) is 18.9 Å². The number of nitrogens with zero attached hydrogens (tertiary/aromatic N) is 1. The van der Waals surface area contributed by atoms with Gasteiger partial charge in [-0.1, -0.05) is 13.8 Å². The second-order valence-electron chi connectivity index (χ2n) is 10.2. The largest absolute Gasteiger partial charge is 0.534 e. The van der Waals surface area contributed by atoms with E-state index in [-0.39, 0.29) is 23.0 Å². The summed E-state index contributed by atoms with van der Waals surface area (Å²) in [5, 5.41) is 0. The molecule has 1 amide bonds. The van der Waals surface area contributed by atoms with Crippen molar-refractivity contribution in [3.05, 3.63) is 11.8 Å². The van der Waals surface area contributed by atoms with Crippen LogP contribution in [0.4, 0.5) is 13.2 Å². The summed E-state index contributed by atoms with van der Waals surface area (Å²) in [6.45, 7) is 4.91. The molecule has 0 spiro atoms. The highest BCUT2D eigenvalue weighted by molar-refractivity contribution is 7.87. The molecular weight excluding hydrogens is 419 g/mol. The number of hydrogen-bond acceptors (Lipinski definition) is 4.